The van der Waals surface area contributed by atoms with Gasteiger partial charge in [0.2, 0.25) is 0 Å². The summed E-state index contributed by atoms with van der Waals surface area (Å²) in [6, 6.07) is 27.9. The number of hydrogen-bond acceptors (Lipinski definition) is 1. The largest absolute Gasteiger partial charge is 0.256 e. The van der Waals surface area contributed by atoms with E-state index in [9.17, 15) is 0 Å². The Bertz CT molecular complexity index is 1100. The van der Waals surface area contributed by atoms with Gasteiger partial charge in [-0.15, -0.1) is 0 Å². The minimum absolute atomic E-state index is 0.991. The number of para-hydroxylation sites is 1. The van der Waals surface area contributed by atoms with Gasteiger partial charge in [0.1, 0.15) is 0 Å². The SMILES string of the molecule is C1=C(c2ccccc2)Cc2cc(-c3cccc4cccnc34)ccc21. The fraction of sp³-hybridized carbons (Fsp3) is 0.0417. The van der Waals surface area contributed by atoms with Crippen LogP contribution >= 0.6 is 0 Å². The van der Waals surface area contributed by atoms with E-state index in [0.29, 0.717) is 0 Å². The average molecular weight is 319 g/mol. The minimum atomic E-state index is 0.991. The summed E-state index contributed by atoms with van der Waals surface area (Å²) in [6.45, 7) is 0. The number of hydrogen-bond donors (Lipinski definition) is 0. The summed E-state index contributed by atoms with van der Waals surface area (Å²) in [6.07, 6.45) is 5.18. The van der Waals surface area contributed by atoms with Crippen molar-refractivity contribution < 1.29 is 0 Å². The molecule has 0 spiro atoms. The molecule has 1 aliphatic rings. The quantitative estimate of drug-likeness (QED) is 0.441. The normalized spacial score (nSPS) is 12.9. The van der Waals surface area contributed by atoms with Crippen LogP contribution in [-0.2, 0) is 6.42 Å². The van der Waals surface area contributed by atoms with Crippen molar-refractivity contribution in [3.05, 3.63) is 102 Å². The third-order valence-electron chi connectivity index (χ3n) is 4.94. The molecule has 1 nitrogen and oxygen atoms in total. The van der Waals surface area contributed by atoms with Gasteiger partial charge in [0.05, 0.1) is 5.52 Å². The Hall–Kier alpha value is -3.19. The summed E-state index contributed by atoms with van der Waals surface area (Å²) in [5, 5.41) is 1.18. The van der Waals surface area contributed by atoms with Crippen molar-refractivity contribution >= 4 is 22.6 Å². The maximum absolute atomic E-state index is 4.60. The molecule has 1 aliphatic carbocycles. The van der Waals surface area contributed by atoms with Crippen LogP contribution in [-0.4, -0.2) is 4.98 Å². The van der Waals surface area contributed by atoms with Crippen LogP contribution in [0.1, 0.15) is 16.7 Å². The zero-order valence-electron chi connectivity index (χ0n) is 13.8. The maximum Gasteiger partial charge on any atom is 0.0780 e. The fourth-order valence-electron chi connectivity index (χ4n) is 3.69. The lowest BCUT2D eigenvalue weighted by atomic mass is 9.97. The molecule has 4 aromatic rings. The smallest absolute Gasteiger partial charge is 0.0780 e. The zero-order chi connectivity index (χ0) is 16.6. The van der Waals surface area contributed by atoms with Gasteiger partial charge in [0.15, 0.2) is 0 Å². The second-order valence-corrected chi connectivity index (χ2v) is 6.51. The van der Waals surface area contributed by atoms with E-state index >= 15 is 0 Å². The molecule has 3 aromatic carbocycles. The van der Waals surface area contributed by atoms with Gasteiger partial charge in [-0.1, -0.05) is 78.9 Å². The lowest BCUT2D eigenvalue weighted by Crippen LogP contribution is -1.89. The van der Waals surface area contributed by atoms with Crippen molar-refractivity contribution in [3.8, 4) is 11.1 Å². The van der Waals surface area contributed by atoms with Crippen LogP contribution in [0.25, 0.3) is 33.7 Å². The molecular formula is C24H17N. The summed E-state index contributed by atoms with van der Waals surface area (Å²) >= 11 is 0. The van der Waals surface area contributed by atoms with Crippen LogP contribution < -0.4 is 0 Å². The molecule has 1 heteroatoms. The molecule has 0 amide bonds. The zero-order valence-corrected chi connectivity index (χ0v) is 13.8. The monoisotopic (exact) mass is 319 g/mol. The molecule has 0 aliphatic heterocycles. The Labute approximate surface area is 147 Å². The highest BCUT2D eigenvalue weighted by molar-refractivity contribution is 5.95. The summed E-state index contributed by atoms with van der Waals surface area (Å²) in [7, 11) is 0. The van der Waals surface area contributed by atoms with Gasteiger partial charge in [-0.3, -0.25) is 4.98 Å². The van der Waals surface area contributed by atoms with Crippen molar-refractivity contribution in [1.82, 2.24) is 4.98 Å². The van der Waals surface area contributed by atoms with Crippen molar-refractivity contribution in [2.45, 2.75) is 6.42 Å². The standard InChI is InChI=1S/C24H17N/c1-2-6-17(7-3-1)21-14-19-11-12-20(15-22(19)16-21)23-10-4-8-18-9-5-13-25-24(18)23/h1-15H,16H2. The van der Waals surface area contributed by atoms with Gasteiger partial charge >= 0.3 is 0 Å². The third-order valence-corrected chi connectivity index (χ3v) is 4.94. The second kappa shape index (κ2) is 5.71. The Morgan fingerprint density at radius 2 is 1.60 bits per heavy atom. The topological polar surface area (TPSA) is 12.9 Å². The predicted molar refractivity (Wildman–Crippen MR) is 105 cm³/mol. The van der Waals surface area contributed by atoms with E-state index in [2.05, 4.69) is 83.9 Å². The highest BCUT2D eigenvalue weighted by atomic mass is 14.6. The molecule has 0 fully saturated rings. The van der Waals surface area contributed by atoms with Crippen LogP contribution in [0.3, 0.4) is 0 Å². The lowest BCUT2D eigenvalue weighted by molar-refractivity contribution is 1.31. The van der Waals surface area contributed by atoms with Gasteiger partial charge < -0.3 is 0 Å². The highest BCUT2D eigenvalue weighted by Gasteiger charge is 2.15. The van der Waals surface area contributed by atoms with E-state index in [1.54, 1.807) is 0 Å². The molecule has 0 saturated carbocycles. The number of pyridine rings is 1. The molecule has 5 rings (SSSR count). The molecule has 25 heavy (non-hydrogen) atoms. The van der Waals surface area contributed by atoms with Crippen molar-refractivity contribution in [1.29, 1.82) is 0 Å². The Kier molecular flexibility index (Phi) is 3.24. The molecular weight excluding hydrogens is 302 g/mol. The number of fused-ring (bicyclic) bond motifs is 2. The van der Waals surface area contributed by atoms with E-state index in [1.807, 2.05) is 12.3 Å². The summed E-state index contributed by atoms with van der Waals surface area (Å²) in [5.74, 6) is 0. The van der Waals surface area contributed by atoms with Gasteiger partial charge in [0.25, 0.3) is 0 Å². The third kappa shape index (κ3) is 2.45. The number of benzene rings is 3. The van der Waals surface area contributed by atoms with Gasteiger partial charge in [-0.25, -0.2) is 0 Å². The second-order valence-electron chi connectivity index (χ2n) is 6.51. The van der Waals surface area contributed by atoms with Crippen molar-refractivity contribution in [2.75, 3.05) is 0 Å². The molecule has 0 atom stereocenters. The summed E-state index contributed by atoms with van der Waals surface area (Å²) in [4.78, 5) is 4.60. The first kappa shape index (κ1) is 14.2. The van der Waals surface area contributed by atoms with Crippen LogP contribution in [0.2, 0.25) is 0 Å². The lowest BCUT2D eigenvalue weighted by Gasteiger charge is -2.08. The van der Waals surface area contributed by atoms with Crippen LogP contribution in [0, 0.1) is 0 Å². The van der Waals surface area contributed by atoms with Crippen LogP contribution in [0.5, 0.6) is 0 Å². The molecule has 118 valence electrons. The highest BCUT2D eigenvalue weighted by Crippen LogP contribution is 2.35. The first-order chi connectivity index (χ1) is 12.4. The molecule has 0 unspecified atom stereocenters. The maximum atomic E-state index is 4.60. The van der Waals surface area contributed by atoms with E-state index in [-0.39, 0.29) is 0 Å². The molecule has 0 radical (unpaired) electrons. The van der Waals surface area contributed by atoms with Crippen LogP contribution in [0.15, 0.2) is 85.1 Å². The fourth-order valence-corrected chi connectivity index (χ4v) is 3.69. The Morgan fingerprint density at radius 1 is 0.720 bits per heavy atom. The van der Waals surface area contributed by atoms with Crippen molar-refractivity contribution in [2.24, 2.45) is 0 Å². The number of rotatable bonds is 2. The minimum Gasteiger partial charge on any atom is -0.256 e. The van der Waals surface area contributed by atoms with Crippen LogP contribution in [0.4, 0.5) is 0 Å². The molecule has 0 bridgehead atoms. The number of nitrogens with zero attached hydrogens (tertiary/aromatic N) is 1. The van der Waals surface area contributed by atoms with E-state index < -0.39 is 0 Å². The van der Waals surface area contributed by atoms with Gasteiger partial charge in [-0.05, 0) is 40.3 Å². The van der Waals surface area contributed by atoms with Crippen molar-refractivity contribution in [3.63, 3.8) is 0 Å². The van der Waals surface area contributed by atoms with Gasteiger partial charge in [-0.2, -0.15) is 0 Å². The first-order valence-corrected chi connectivity index (χ1v) is 8.61. The van der Waals surface area contributed by atoms with E-state index in [0.717, 1.165) is 11.9 Å². The Morgan fingerprint density at radius 3 is 2.52 bits per heavy atom. The van der Waals surface area contributed by atoms with E-state index in [1.165, 1.54) is 38.8 Å². The molecule has 0 saturated heterocycles. The average Bonchev–Trinajstić information content (AvgIpc) is 3.11. The van der Waals surface area contributed by atoms with E-state index in [4.69, 9.17) is 0 Å². The first-order valence-electron chi connectivity index (χ1n) is 8.61. The summed E-state index contributed by atoms with van der Waals surface area (Å²) in [5.41, 5.74) is 8.94. The molecule has 1 heterocycles. The van der Waals surface area contributed by atoms with Gasteiger partial charge in [0, 0.05) is 17.1 Å². The molecule has 0 N–H and O–H groups in total. The number of aromatic nitrogens is 1. The number of allylic oxidation sites excluding steroid dienone is 1. The molecule has 1 aromatic heterocycles. The Balaban J connectivity index is 1.57. The predicted octanol–water partition coefficient (Wildman–Crippen LogP) is 6.00. The summed E-state index contributed by atoms with van der Waals surface area (Å²) < 4.78 is 0.